The number of allylic oxidation sites excluding steroid dienone is 1. The molecule has 0 aromatic carbocycles. The van der Waals surface area contributed by atoms with Crippen molar-refractivity contribution in [1.29, 1.82) is 0 Å². The standard InChI is InChI=1S/C15H22O3/c1-8-5-4-6-9-11-10(12(8)16)7-15(2,3)13(11)18-14(9)17/h4-5,8-13,16H,6-7H2,1-3H3/b5-4-/t8-,9-,10+,11+,12+,13+/m0/s1. The third-order valence-corrected chi connectivity index (χ3v) is 5.19. The van der Waals surface area contributed by atoms with Gasteiger partial charge < -0.3 is 9.84 Å². The van der Waals surface area contributed by atoms with Gasteiger partial charge >= 0.3 is 5.97 Å². The summed E-state index contributed by atoms with van der Waals surface area (Å²) >= 11 is 0. The van der Waals surface area contributed by atoms with Gasteiger partial charge in [0.25, 0.3) is 0 Å². The summed E-state index contributed by atoms with van der Waals surface area (Å²) in [6, 6.07) is 0. The van der Waals surface area contributed by atoms with E-state index in [-0.39, 0.29) is 47.3 Å². The van der Waals surface area contributed by atoms with Crippen LogP contribution in [0.1, 0.15) is 33.6 Å². The molecule has 2 fully saturated rings. The molecule has 2 aliphatic carbocycles. The van der Waals surface area contributed by atoms with E-state index in [1.807, 2.05) is 12.2 Å². The highest BCUT2D eigenvalue weighted by Gasteiger charge is 2.61. The van der Waals surface area contributed by atoms with E-state index < -0.39 is 0 Å². The van der Waals surface area contributed by atoms with Gasteiger partial charge in [-0.15, -0.1) is 0 Å². The molecule has 1 saturated carbocycles. The van der Waals surface area contributed by atoms with Gasteiger partial charge in [0.1, 0.15) is 6.10 Å². The minimum Gasteiger partial charge on any atom is -0.461 e. The first-order valence-electron chi connectivity index (χ1n) is 6.97. The number of aliphatic hydroxyl groups excluding tert-OH is 1. The molecule has 3 rings (SSSR count). The molecule has 6 atom stereocenters. The molecule has 0 spiro atoms. The van der Waals surface area contributed by atoms with Gasteiger partial charge in [0, 0.05) is 17.3 Å². The van der Waals surface area contributed by atoms with Gasteiger partial charge in [-0.05, 0) is 18.8 Å². The van der Waals surface area contributed by atoms with E-state index >= 15 is 0 Å². The van der Waals surface area contributed by atoms with E-state index in [4.69, 9.17) is 4.74 Å². The molecular weight excluding hydrogens is 228 g/mol. The number of carbonyl (C=O) groups excluding carboxylic acids is 1. The molecule has 18 heavy (non-hydrogen) atoms. The van der Waals surface area contributed by atoms with Crippen molar-refractivity contribution in [3.05, 3.63) is 12.2 Å². The summed E-state index contributed by atoms with van der Waals surface area (Å²) in [5.74, 6) is 0.465. The Hall–Kier alpha value is -0.830. The van der Waals surface area contributed by atoms with Crippen molar-refractivity contribution in [3.8, 4) is 0 Å². The molecule has 1 aliphatic heterocycles. The van der Waals surface area contributed by atoms with Gasteiger partial charge in [-0.2, -0.15) is 0 Å². The molecule has 0 aromatic heterocycles. The van der Waals surface area contributed by atoms with Crippen LogP contribution in [0.5, 0.6) is 0 Å². The Kier molecular flexibility index (Phi) is 2.60. The highest BCUT2D eigenvalue weighted by molar-refractivity contribution is 5.76. The summed E-state index contributed by atoms with van der Waals surface area (Å²) in [5, 5.41) is 10.5. The fourth-order valence-corrected chi connectivity index (χ4v) is 4.27. The minimum atomic E-state index is -0.354. The van der Waals surface area contributed by atoms with Crippen LogP contribution in [-0.4, -0.2) is 23.3 Å². The van der Waals surface area contributed by atoms with Crippen LogP contribution >= 0.6 is 0 Å². The number of rotatable bonds is 0. The van der Waals surface area contributed by atoms with Crippen molar-refractivity contribution in [2.24, 2.45) is 29.1 Å². The fraction of sp³-hybridized carbons (Fsp3) is 0.800. The Balaban J connectivity index is 2.02. The molecule has 1 saturated heterocycles. The van der Waals surface area contributed by atoms with E-state index in [1.54, 1.807) is 0 Å². The van der Waals surface area contributed by atoms with Crippen molar-refractivity contribution in [1.82, 2.24) is 0 Å². The van der Waals surface area contributed by atoms with Crippen molar-refractivity contribution in [2.75, 3.05) is 0 Å². The fourth-order valence-electron chi connectivity index (χ4n) is 4.27. The maximum Gasteiger partial charge on any atom is 0.309 e. The Bertz CT molecular complexity index is 399. The summed E-state index contributed by atoms with van der Waals surface area (Å²) in [6.45, 7) is 6.37. The van der Waals surface area contributed by atoms with Gasteiger partial charge in [-0.25, -0.2) is 0 Å². The first kappa shape index (κ1) is 12.2. The van der Waals surface area contributed by atoms with E-state index in [0.717, 1.165) is 12.8 Å². The zero-order chi connectivity index (χ0) is 13.1. The average molecular weight is 250 g/mol. The van der Waals surface area contributed by atoms with Crippen LogP contribution in [0.2, 0.25) is 0 Å². The third-order valence-electron chi connectivity index (χ3n) is 5.19. The molecule has 3 heteroatoms. The number of hydrogen-bond acceptors (Lipinski definition) is 3. The minimum absolute atomic E-state index is 0.00616. The topological polar surface area (TPSA) is 46.5 Å². The monoisotopic (exact) mass is 250 g/mol. The predicted molar refractivity (Wildman–Crippen MR) is 67.7 cm³/mol. The molecule has 0 bridgehead atoms. The third kappa shape index (κ3) is 1.56. The lowest BCUT2D eigenvalue weighted by Gasteiger charge is -2.30. The second kappa shape index (κ2) is 3.83. The maximum atomic E-state index is 12.0. The summed E-state index contributed by atoms with van der Waals surface area (Å²) in [7, 11) is 0. The molecule has 0 unspecified atom stereocenters. The quantitative estimate of drug-likeness (QED) is 0.529. The van der Waals surface area contributed by atoms with Crippen molar-refractivity contribution in [2.45, 2.75) is 45.8 Å². The van der Waals surface area contributed by atoms with Gasteiger partial charge in [0.15, 0.2) is 0 Å². The molecule has 0 aromatic rings. The summed E-state index contributed by atoms with van der Waals surface area (Å²) in [4.78, 5) is 12.0. The Labute approximate surface area is 108 Å². The Morgan fingerprint density at radius 3 is 2.89 bits per heavy atom. The molecular formula is C15H22O3. The largest absolute Gasteiger partial charge is 0.461 e. The van der Waals surface area contributed by atoms with Crippen LogP contribution in [0.3, 0.4) is 0 Å². The van der Waals surface area contributed by atoms with E-state index in [2.05, 4.69) is 20.8 Å². The lowest BCUT2D eigenvalue weighted by atomic mass is 9.75. The summed E-state index contributed by atoms with van der Waals surface area (Å²) < 4.78 is 5.63. The SMILES string of the molecule is C[C@H]1/C=C\C[C@@H]2C(=O)O[C@@H]3[C@H]2[C@@H](CC3(C)C)[C@@H]1O. The van der Waals surface area contributed by atoms with Gasteiger partial charge in [-0.1, -0.05) is 32.9 Å². The van der Waals surface area contributed by atoms with E-state index in [1.165, 1.54) is 0 Å². The number of esters is 1. The maximum absolute atomic E-state index is 12.0. The van der Waals surface area contributed by atoms with Crippen LogP contribution in [0.4, 0.5) is 0 Å². The molecule has 100 valence electrons. The molecule has 0 amide bonds. The lowest BCUT2D eigenvalue weighted by molar-refractivity contribution is -0.147. The van der Waals surface area contributed by atoms with Gasteiger partial charge in [0.05, 0.1) is 12.0 Å². The average Bonchev–Trinajstić information content (AvgIpc) is 2.73. The molecule has 3 nitrogen and oxygen atoms in total. The van der Waals surface area contributed by atoms with Crippen molar-refractivity contribution in [3.63, 3.8) is 0 Å². The highest BCUT2D eigenvalue weighted by Crippen LogP contribution is 2.56. The molecule has 3 aliphatic rings. The normalized spacial score (nSPS) is 51.2. The summed E-state index contributed by atoms with van der Waals surface area (Å²) in [6.07, 6.45) is 5.45. The zero-order valence-electron chi connectivity index (χ0n) is 11.3. The molecule has 1 heterocycles. The van der Waals surface area contributed by atoms with Crippen LogP contribution in [0, 0.1) is 29.1 Å². The zero-order valence-corrected chi connectivity index (χ0v) is 11.3. The molecule has 1 N–H and O–H groups in total. The number of ether oxygens (including phenoxy) is 1. The van der Waals surface area contributed by atoms with Crippen LogP contribution in [0.25, 0.3) is 0 Å². The predicted octanol–water partition coefficient (Wildman–Crippen LogP) is 2.15. The van der Waals surface area contributed by atoms with E-state index in [0.29, 0.717) is 0 Å². The van der Waals surface area contributed by atoms with Crippen LogP contribution in [-0.2, 0) is 9.53 Å². The summed E-state index contributed by atoms with van der Waals surface area (Å²) in [5.41, 5.74) is -0.00914. The highest BCUT2D eigenvalue weighted by atomic mass is 16.6. The van der Waals surface area contributed by atoms with Crippen LogP contribution in [0.15, 0.2) is 12.2 Å². The lowest BCUT2D eigenvalue weighted by Crippen LogP contribution is -2.35. The number of carbonyl (C=O) groups is 1. The first-order valence-corrected chi connectivity index (χ1v) is 6.97. The van der Waals surface area contributed by atoms with Crippen LogP contribution < -0.4 is 0 Å². The van der Waals surface area contributed by atoms with Gasteiger partial charge in [-0.3, -0.25) is 4.79 Å². The Morgan fingerprint density at radius 2 is 2.17 bits per heavy atom. The molecule has 0 radical (unpaired) electrons. The van der Waals surface area contributed by atoms with E-state index in [9.17, 15) is 9.90 Å². The second-order valence-electron chi connectivity index (χ2n) is 6.91. The van der Waals surface area contributed by atoms with Gasteiger partial charge in [0.2, 0.25) is 0 Å². The van der Waals surface area contributed by atoms with Crippen molar-refractivity contribution >= 4 is 5.97 Å². The first-order chi connectivity index (χ1) is 8.42. The number of hydrogen-bond donors (Lipinski definition) is 1. The van der Waals surface area contributed by atoms with Crippen molar-refractivity contribution < 1.29 is 14.6 Å². The number of aliphatic hydroxyl groups is 1. The second-order valence-corrected chi connectivity index (χ2v) is 6.91. The smallest absolute Gasteiger partial charge is 0.309 e. The Morgan fingerprint density at radius 1 is 1.44 bits per heavy atom.